The van der Waals surface area contributed by atoms with Gasteiger partial charge in [0.15, 0.2) is 11.5 Å². The maximum Gasteiger partial charge on any atom is 0.249 e. The molecule has 1 aromatic heterocycles. The summed E-state index contributed by atoms with van der Waals surface area (Å²) in [5.41, 5.74) is 0.659. The molecular weight excluding hydrogens is 338 g/mol. The highest BCUT2D eigenvalue weighted by molar-refractivity contribution is 5.79. The predicted molar refractivity (Wildman–Crippen MR) is 93.3 cm³/mol. The van der Waals surface area contributed by atoms with E-state index in [4.69, 9.17) is 18.7 Å². The van der Waals surface area contributed by atoms with Crippen molar-refractivity contribution in [3.05, 3.63) is 18.0 Å². The molecule has 0 unspecified atom stereocenters. The maximum atomic E-state index is 12.1. The van der Waals surface area contributed by atoms with E-state index in [1.807, 2.05) is 6.92 Å². The molecule has 1 fully saturated rings. The van der Waals surface area contributed by atoms with Gasteiger partial charge in [-0.15, -0.1) is 0 Å². The van der Waals surface area contributed by atoms with Crippen molar-refractivity contribution in [3.8, 4) is 28.6 Å². The Kier molecular flexibility index (Phi) is 5.29. The molecule has 8 heteroatoms. The summed E-state index contributed by atoms with van der Waals surface area (Å²) in [5.74, 6) is 2.36. The molecule has 8 nitrogen and oxygen atoms in total. The van der Waals surface area contributed by atoms with Gasteiger partial charge in [0.1, 0.15) is 6.04 Å². The van der Waals surface area contributed by atoms with Crippen LogP contribution in [0.5, 0.6) is 17.2 Å². The molecule has 1 saturated carbocycles. The monoisotopic (exact) mass is 361 g/mol. The second-order valence-corrected chi connectivity index (χ2v) is 6.23. The van der Waals surface area contributed by atoms with Crippen LogP contribution in [-0.2, 0) is 4.79 Å². The molecule has 1 aromatic carbocycles. The largest absolute Gasteiger partial charge is 0.493 e. The lowest BCUT2D eigenvalue weighted by Crippen LogP contribution is -2.36. The van der Waals surface area contributed by atoms with E-state index in [1.54, 1.807) is 33.5 Å². The average Bonchev–Trinajstić information content (AvgIpc) is 3.08. The minimum absolute atomic E-state index is 0.0382. The molecule has 1 aliphatic carbocycles. The molecule has 0 saturated heterocycles. The van der Waals surface area contributed by atoms with Crippen molar-refractivity contribution in [2.75, 3.05) is 21.3 Å². The van der Waals surface area contributed by atoms with Gasteiger partial charge in [0.25, 0.3) is 0 Å². The van der Waals surface area contributed by atoms with Crippen molar-refractivity contribution >= 4 is 5.91 Å². The summed E-state index contributed by atoms with van der Waals surface area (Å²) in [6.45, 7) is 1.82. The van der Waals surface area contributed by atoms with Crippen molar-refractivity contribution < 1.29 is 23.5 Å². The maximum absolute atomic E-state index is 12.1. The topological polar surface area (TPSA) is 95.7 Å². The van der Waals surface area contributed by atoms with Gasteiger partial charge < -0.3 is 24.1 Å². The summed E-state index contributed by atoms with van der Waals surface area (Å²) in [4.78, 5) is 16.5. The Hall–Kier alpha value is -2.77. The lowest BCUT2D eigenvalue weighted by atomic mass is 9.84. The van der Waals surface area contributed by atoms with Crippen LogP contribution in [0.2, 0.25) is 0 Å². The van der Waals surface area contributed by atoms with Crippen LogP contribution in [0.4, 0.5) is 0 Å². The van der Waals surface area contributed by atoms with E-state index in [-0.39, 0.29) is 17.9 Å². The molecule has 1 N–H and O–H groups in total. The summed E-state index contributed by atoms with van der Waals surface area (Å²) in [6.07, 6.45) is 3.00. The number of hydrogen-bond donors (Lipinski definition) is 1. The normalized spacial score (nSPS) is 15.1. The third kappa shape index (κ3) is 3.44. The van der Waals surface area contributed by atoms with E-state index in [1.165, 1.54) is 0 Å². The first-order valence-electron chi connectivity index (χ1n) is 8.51. The smallest absolute Gasteiger partial charge is 0.249 e. The number of carbonyl (C=O) groups excluding carboxylic acids is 1. The van der Waals surface area contributed by atoms with Crippen LogP contribution in [0.25, 0.3) is 11.4 Å². The summed E-state index contributed by atoms with van der Waals surface area (Å²) < 4.78 is 21.3. The number of nitrogens with one attached hydrogen (secondary N) is 1. The van der Waals surface area contributed by atoms with Crippen LogP contribution in [0.3, 0.4) is 0 Å². The van der Waals surface area contributed by atoms with E-state index < -0.39 is 0 Å². The number of methoxy groups -OCH3 is 3. The zero-order chi connectivity index (χ0) is 18.7. The quantitative estimate of drug-likeness (QED) is 0.810. The third-order valence-electron chi connectivity index (χ3n) is 4.57. The lowest BCUT2D eigenvalue weighted by molar-refractivity contribution is -0.128. The van der Waals surface area contributed by atoms with E-state index in [9.17, 15) is 4.79 Å². The van der Waals surface area contributed by atoms with Crippen molar-refractivity contribution in [3.63, 3.8) is 0 Å². The fraction of sp³-hybridized carbons (Fsp3) is 0.500. The Balaban J connectivity index is 1.81. The van der Waals surface area contributed by atoms with Gasteiger partial charge in [-0.3, -0.25) is 4.79 Å². The summed E-state index contributed by atoms with van der Waals surface area (Å²) in [6, 6.07) is 3.13. The van der Waals surface area contributed by atoms with Gasteiger partial charge in [0.2, 0.25) is 23.4 Å². The van der Waals surface area contributed by atoms with Gasteiger partial charge in [0.05, 0.1) is 21.3 Å². The number of nitrogens with zero attached hydrogens (tertiary/aromatic N) is 2. The molecule has 1 atom stereocenters. The third-order valence-corrected chi connectivity index (χ3v) is 4.57. The van der Waals surface area contributed by atoms with Gasteiger partial charge >= 0.3 is 0 Å². The fourth-order valence-corrected chi connectivity index (χ4v) is 2.80. The SMILES string of the molecule is COc1cc(-c2noc([C@@H](C)NC(=O)C3CCC3)n2)cc(OC)c1OC. The number of hydrogen-bond acceptors (Lipinski definition) is 7. The molecule has 1 heterocycles. The lowest BCUT2D eigenvalue weighted by Gasteiger charge is -2.25. The van der Waals surface area contributed by atoms with E-state index in [0.717, 1.165) is 19.3 Å². The molecule has 1 amide bonds. The Labute approximate surface area is 151 Å². The van der Waals surface area contributed by atoms with Gasteiger partial charge in [-0.05, 0) is 31.9 Å². The fourth-order valence-electron chi connectivity index (χ4n) is 2.80. The van der Waals surface area contributed by atoms with Crippen LogP contribution in [-0.4, -0.2) is 37.4 Å². The van der Waals surface area contributed by atoms with Crippen molar-refractivity contribution in [2.45, 2.75) is 32.2 Å². The second kappa shape index (κ2) is 7.63. The molecular formula is C18H23N3O5. The number of rotatable bonds is 7. The van der Waals surface area contributed by atoms with Crippen LogP contribution in [0.1, 0.15) is 38.1 Å². The molecule has 1 aliphatic rings. The molecule has 0 radical (unpaired) electrons. The highest BCUT2D eigenvalue weighted by atomic mass is 16.5. The van der Waals surface area contributed by atoms with Crippen molar-refractivity contribution in [2.24, 2.45) is 5.92 Å². The van der Waals surface area contributed by atoms with E-state index in [0.29, 0.717) is 34.5 Å². The molecule has 2 aromatic rings. The van der Waals surface area contributed by atoms with E-state index in [2.05, 4.69) is 15.5 Å². The number of amides is 1. The predicted octanol–water partition coefficient (Wildman–Crippen LogP) is 2.74. The Morgan fingerprint density at radius 2 is 1.85 bits per heavy atom. The Morgan fingerprint density at radius 3 is 2.35 bits per heavy atom. The molecule has 26 heavy (non-hydrogen) atoms. The number of carbonyl (C=O) groups is 1. The molecule has 0 spiro atoms. The minimum Gasteiger partial charge on any atom is -0.493 e. The first kappa shape index (κ1) is 18.0. The minimum atomic E-state index is -0.355. The number of benzene rings is 1. The number of aromatic nitrogens is 2. The molecule has 0 bridgehead atoms. The second-order valence-electron chi connectivity index (χ2n) is 6.23. The van der Waals surface area contributed by atoms with Crippen molar-refractivity contribution in [1.82, 2.24) is 15.5 Å². The van der Waals surface area contributed by atoms with Crippen LogP contribution < -0.4 is 19.5 Å². The summed E-state index contributed by atoms with van der Waals surface area (Å²) >= 11 is 0. The summed E-state index contributed by atoms with van der Waals surface area (Å²) in [5, 5.41) is 6.93. The first-order valence-corrected chi connectivity index (χ1v) is 8.51. The standard InChI is InChI=1S/C18H23N3O5/c1-10(19-17(22)11-6-5-7-11)18-20-16(21-26-18)12-8-13(23-2)15(25-4)14(9-12)24-3/h8-11H,5-7H2,1-4H3,(H,19,22)/t10-/m1/s1. The number of ether oxygens (including phenoxy) is 3. The van der Waals surface area contributed by atoms with Crippen LogP contribution in [0.15, 0.2) is 16.7 Å². The van der Waals surface area contributed by atoms with E-state index >= 15 is 0 Å². The van der Waals surface area contributed by atoms with Crippen LogP contribution in [0, 0.1) is 5.92 Å². The summed E-state index contributed by atoms with van der Waals surface area (Å²) in [7, 11) is 4.63. The first-order chi connectivity index (χ1) is 12.6. The molecule has 140 valence electrons. The Morgan fingerprint density at radius 1 is 1.19 bits per heavy atom. The van der Waals surface area contributed by atoms with Gasteiger partial charge in [-0.1, -0.05) is 11.6 Å². The van der Waals surface area contributed by atoms with Gasteiger partial charge in [-0.2, -0.15) is 4.98 Å². The van der Waals surface area contributed by atoms with Crippen molar-refractivity contribution in [1.29, 1.82) is 0 Å². The highest BCUT2D eigenvalue weighted by Gasteiger charge is 2.28. The zero-order valence-electron chi connectivity index (χ0n) is 15.4. The van der Waals surface area contributed by atoms with Crippen LogP contribution >= 0.6 is 0 Å². The molecule has 0 aliphatic heterocycles. The Bertz CT molecular complexity index is 760. The average molecular weight is 361 g/mol. The zero-order valence-corrected chi connectivity index (χ0v) is 15.4. The molecule has 3 rings (SSSR count). The van der Waals surface area contributed by atoms with Gasteiger partial charge in [-0.25, -0.2) is 0 Å². The highest BCUT2D eigenvalue weighted by Crippen LogP contribution is 2.40. The van der Waals surface area contributed by atoms with Gasteiger partial charge in [0, 0.05) is 11.5 Å².